The molecule has 3 heteroatoms. The maximum Gasteiger partial charge on any atom is 0.0800 e. The minimum Gasteiger partial charge on any atom is -0.390 e. The molecule has 0 spiro atoms. The third-order valence-electron chi connectivity index (χ3n) is 4.27. The summed E-state index contributed by atoms with van der Waals surface area (Å²) in [4.78, 5) is 0. The van der Waals surface area contributed by atoms with E-state index < -0.39 is 12.2 Å². The van der Waals surface area contributed by atoms with E-state index >= 15 is 0 Å². The molecule has 132 valence electrons. The molecule has 0 fully saturated rings. The Kier molecular flexibility index (Phi) is 11.0. The van der Waals surface area contributed by atoms with E-state index in [0.29, 0.717) is 19.4 Å². The summed E-state index contributed by atoms with van der Waals surface area (Å²) in [6.07, 6.45) is 6.47. The van der Waals surface area contributed by atoms with Crippen molar-refractivity contribution in [3.05, 3.63) is 35.9 Å². The first-order valence-corrected chi connectivity index (χ1v) is 9.19. The first-order valence-electron chi connectivity index (χ1n) is 9.19. The second kappa shape index (κ2) is 12.5. The Labute approximate surface area is 141 Å². The first-order chi connectivity index (χ1) is 11.2. The van der Waals surface area contributed by atoms with Crippen LogP contribution in [0, 0.1) is 0 Å². The third-order valence-corrected chi connectivity index (χ3v) is 4.27. The molecule has 3 atom stereocenters. The molecule has 1 aromatic rings. The van der Waals surface area contributed by atoms with Crippen LogP contribution in [-0.2, 0) is 11.3 Å². The summed E-state index contributed by atoms with van der Waals surface area (Å²) in [5, 5.41) is 19.9. The zero-order chi connectivity index (χ0) is 16.9. The van der Waals surface area contributed by atoms with Crippen LogP contribution in [0.3, 0.4) is 0 Å². The molecule has 0 radical (unpaired) electrons. The van der Waals surface area contributed by atoms with Crippen LogP contribution in [0.15, 0.2) is 30.3 Å². The van der Waals surface area contributed by atoms with Gasteiger partial charge in [-0.05, 0) is 31.2 Å². The topological polar surface area (TPSA) is 49.7 Å². The number of hydrogen-bond donors (Lipinski definition) is 2. The van der Waals surface area contributed by atoms with E-state index in [9.17, 15) is 10.2 Å². The van der Waals surface area contributed by atoms with Crippen LogP contribution in [0.2, 0.25) is 0 Å². The van der Waals surface area contributed by atoms with Crippen LogP contribution in [0.4, 0.5) is 0 Å². The van der Waals surface area contributed by atoms with Crippen LogP contribution in [0.5, 0.6) is 0 Å². The Balaban J connectivity index is 2.41. The maximum atomic E-state index is 10.0. The fourth-order valence-corrected chi connectivity index (χ4v) is 2.76. The van der Waals surface area contributed by atoms with Crippen molar-refractivity contribution in [1.82, 2.24) is 0 Å². The normalized spacial score (nSPS) is 15.3. The Morgan fingerprint density at radius 2 is 1.52 bits per heavy atom. The molecular weight excluding hydrogens is 288 g/mol. The molecule has 0 saturated carbocycles. The summed E-state index contributed by atoms with van der Waals surface area (Å²) in [5.41, 5.74) is 1.18. The number of hydrogen-bond acceptors (Lipinski definition) is 3. The molecule has 0 aliphatic rings. The molecule has 1 rings (SSSR count). The van der Waals surface area contributed by atoms with E-state index in [2.05, 4.69) is 19.1 Å². The number of aliphatic hydroxyl groups excluding tert-OH is 2. The smallest absolute Gasteiger partial charge is 0.0800 e. The molecule has 0 aliphatic carbocycles. The molecule has 3 nitrogen and oxygen atoms in total. The average molecular weight is 322 g/mol. The van der Waals surface area contributed by atoms with E-state index in [1.165, 1.54) is 18.4 Å². The lowest BCUT2D eigenvalue weighted by Crippen LogP contribution is -2.27. The monoisotopic (exact) mass is 322 g/mol. The van der Waals surface area contributed by atoms with Gasteiger partial charge in [-0.15, -0.1) is 0 Å². The second-order valence-corrected chi connectivity index (χ2v) is 6.42. The van der Waals surface area contributed by atoms with Gasteiger partial charge in [0.2, 0.25) is 0 Å². The van der Waals surface area contributed by atoms with Crippen LogP contribution in [0.1, 0.15) is 70.8 Å². The van der Waals surface area contributed by atoms with Crippen molar-refractivity contribution in [1.29, 1.82) is 0 Å². The van der Waals surface area contributed by atoms with E-state index in [-0.39, 0.29) is 6.10 Å². The molecule has 0 aliphatic heterocycles. The maximum absolute atomic E-state index is 10.0. The molecule has 0 amide bonds. The van der Waals surface area contributed by atoms with Crippen molar-refractivity contribution in [2.24, 2.45) is 0 Å². The van der Waals surface area contributed by atoms with Crippen molar-refractivity contribution < 1.29 is 14.9 Å². The van der Waals surface area contributed by atoms with Gasteiger partial charge < -0.3 is 14.9 Å². The van der Waals surface area contributed by atoms with E-state index in [1.54, 1.807) is 0 Å². The Bertz CT molecular complexity index is 380. The minimum absolute atomic E-state index is 0.158. The molecule has 2 N–H and O–H groups in total. The molecule has 0 bridgehead atoms. The summed E-state index contributed by atoms with van der Waals surface area (Å²) >= 11 is 0. The molecular formula is C20H34O3. The van der Waals surface area contributed by atoms with Crippen molar-refractivity contribution in [2.45, 2.75) is 90.1 Å². The quantitative estimate of drug-likeness (QED) is 0.527. The fraction of sp³-hybridized carbons (Fsp3) is 0.700. The zero-order valence-electron chi connectivity index (χ0n) is 14.8. The number of ether oxygens (including phenoxy) is 1. The summed E-state index contributed by atoms with van der Waals surface area (Å²) < 4.78 is 6.07. The average Bonchev–Trinajstić information content (AvgIpc) is 2.57. The Morgan fingerprint density at radius 1 is 0.826 bits per heavy atom. The highest BCUT2D eigenvalue weighted by Gasteiger charge is 2.18. The van der Waals surface area contributed by atoms with Crippen LogP contribution >= 0.6 is 0 Å². The molecule has 23 heavy (non-hydrogen) atoms. The second-order valence-electron chi connectivity index (χ2n) is 6.42. The largest absolute Gasteiger partial charge is 0.390 e. The summed E-state index contributed by atoms with van der Waals surface area (Å²) in [5.74, 6) is 0. The van der Waals surface area contributed by atoms with Gasteiger partial charge >= 0.3 is 0 Å². The summed E-state index contributed by atoms with van der Waals surface area (Å²) in [6.45, 7) is 4.84. The minimum atomic E-state index is -0.635. The van der Waals surface area contributed by atoms with E-state index in [0.717, 1.165) is 25.7 Å². The SMILES string of the molecule is CCCCCC(CC[C@@H](O)C(O)CCC)OCc1ccccc1. The lowest BCUT2D eigenvalue weighted by Gasteiger charge is -2.22. The van der Waals surface area contributed by atoms with Crippen LogP contribution in [0.25, 0.3) is 0 Å². The summed E-state index contributed by atoms with van der Waals surface area (Å²) in [6, 6.07) is 10.2. The lowest BCUT2D eigenvalue weighted by atomic mass is 9.99. The van der Waals surface area contributed by atoms with E-state index in [1.807, 2.05) is 25.1 Å². The van der Waals surface area contributed by atoms with E-state index in [4.69, 9.17) is 4.74 Å². The van der Waals surface area contributed by atoms with Gasteiger partial charge in [-0.3, -0.25) is 0 Å². The molecule has 0 heterocycles. The molecule has 0 saturated heterocycles. The number of benzene rings is 1. The van der Waals surface area contributed by atoms with Gasteiger partial charge in [0.1, 0.15) is 0 Å². The predicted octanol–water partition coefficient (Wildman–Crippen LogP) is 4.45. The molecule has 1 aromatic carbocycles. The predicted molar refractivity (Wildman–Crippen MR) is 95.3 cm³/mol. The molecule has 0 aromatic heterocycles. The summed E-state index contributed by atoms with van der Waals surface area (Å²) in [7, 11) is 0. The van der Waals surface area contributed by atoms with Crippen molar-refractivity contribution in [3.8, 4) is 0 Å². The highest BCUT2D eigenvalue weighted by molar-refractivity contribution is 5.13. The van der Waals surface area contributed by atoms with Crippen molar-refractivity contribution in [2.75, 3.05) is 0 Å². The van der Waals surface area contributed by atoms with Gasteiger partial charge in [0.25, 0.3) is 0 Å². The van der Waals surface area contributed by atoms with Gasteiger partial charge in [0.15, 0.2) is 0 Å². The standard InChI is InChI=1S/C20H34O3/c1-3-5-7-13-18(14-15-20(22)19(21)10-4-2)23-16-17-11-8-6-9-12-17/h6,8-9,11-12,18-22H,3-5,7,10,13-16H2,1-2H3/t18?,19?,20-/m1/s1. The van der Waals surface area contributed by atoms with Crippen LogP contribution < -0.4 is 0 Å². The lowest BCUT2D eigenvalue weighted by molar-refractivity contribution is -0.0159. The van der Waals surface area contributed by atoms with Crippen molar-refractivity contribution in [3.63, 3.8) is 0 Å². The number of aliphatic hydroxyl groups is 2. The van der Waals surface area contributed by atoms with Gasteiger partial charge in [-0.1, -0.05) is 69.9 Å². The Hall–Kier alpha value is -0.900. The fourth-order valence-electron chi connectivity index (χ4n) is 2.76. The zero-order valence-corrected chi connectivity index (χ0v) is 14.8. The highest BCUT2D eigenvalue weighted by Crippen LogP contribution is 2.17. The van der Waals surface area contributed by atoms with Gasteiger partial charge in [0, 0.05) is 0 Å². The highest BCUT2D eigenvalue weighted by atomic mass is 16.5. The van der Waals surface area contributed by atoms with Gasteiger partial charge in [-0.25, -0.2) is 0 Å². The van der Waals surface area contributed by atoms with Gasteiger partial charge in [0.05, 0.1) is 24.9 Å². The number of unbranched alkanes of at least 4 members (excludes halogenated alkanes) is 2. The van der Waals surface area contributed by atoms with Crippen molar-refractivity contribution >= 4 is 0 Å². The third kappa shape index (κ3) is 9.09. The molecule has 2 unspecified atom stereocenters. The number of rotatable bonds is 13. The Morgan fingerprint density at radius 3 is 2.17 bits per heavy atom. The van der Waals surface area contributed by atoms with Crippen LogP contribution in [-0.4, -0.2) is 28.5 Å². The van der Waals surface area contributed by atoms with Gasteiger partial charge in [-0.2, -0.15) is 0 Å². The first kappa shape index (κ1) is 20.1.